The molecule has 11 heteroatoms. The van der Waals surface area contributed by atoms with Gasteiger partial charge in [0.05, 0.1) is 18.4 Å². The predicted molar refractivity (Wildman–Crippen MR) is 90.3 cm³/mol. The Hall–Kier alpha value is -2.82. The van der Waals surface area contributed by atoms with Crippen molar-refractivity contribution >= 4 is 35.3 Å². The van der Waals surface area contributed by atoms with Crippen LogP contribution in [-0.2, 0) is 4.79 Å². The Morgan fingerprint density at radius 1 is 1.33 bits per heavy atom. The quantitative estimate of drug-likeness (QED) is 0.764. The standard InChI is InChI=1S/C16H12F3N3O4S/c1-26-12-10(18)7(6-8(17)11(12)19)14(23)20-3-4-22-15(24)13-9(2-5-27-13)21-16(22)25/h2,5-6,13H,3-4H2,1H3,(H,20,23). The SMILES string of the molecule is COc1c(F)c(F)cc(C(=O)NCCN2C(=O)N=C3C=CSC3C2=O)c1F. The molecule has 0 spiro atoms. The number of aliphatic imine (C=N–C) groups is 1. The Morgan fingerprint density at radius 3 is 2.78 bits per heavy atom. The third-order valence-corrected chi connectivity index (χ3v) is 4.86. The molecule has 0 bridgehead atoms. The number of urea groups is 1. The maximum Gasteiger partial charge on any atom is 0.350 e. The van der Waals surface area contributed by atoms with Gasteiger partial charge in [0, 0.05) is 13.1 Å². The van der Waals surface area contributed by atoms with Gasteiger partial charge in [0.1, 0.15) is 5.25 Å². The minimum absolute atomic E-state index is 0.209. The van der Waals surface area contributed by atoms with Crippen molar-refractivity contribution in [3.8, 4) is 5.75 Å². The molecule has 27 heavy (non-hydrogen) atoms. The van der Waals surface area contributed by atoms with Crippen LogP contribution in [0.4, 0.5) is 18.0 Å². The number of nitrogens with one attached hydrogen (secondary N) is 1. The molecule has 0 saturated heterocycles. The van der Waals surface area contributed by atoms with E-state index in [0.29, 0.717) is 11.8 Å². The lowest BCUT2D eigenvalue weighted by atomic mass is 10.1. The van der Waals surface area contributed by atoms with Gasteiger partial charge in [0.25, 0.3) is 5.91 Å². The maximum absolute atomic E-state index is 14.1. The zero-order valence-electron chi connectivity index (χ0n) is 13.8. The van der Waals surface area contributed by atoms with Crippen LogP contribution in [0.3, 0.4) is 0 Å². The molecule has 1 unspecified atom stereocenters. The monoisotopic (exact) mass is 399 g/mol. The van der Waals surface area contributed by atoms with E-state index in [9.17, 15) is 27.6 Å². The van der Waals surface area contributed by atoms with Crippen LogP contribution < -0.4 is 10.1 Å². The van der Waals surface area contributed by atoms with Crippen LogP contribution in [0, 0.1) is 17.5 Å². The third kappa shape index (κ3) is 3.42. The number of halogens is 3. The first kappa shape index (κ1) is 19.0. The highest BCUT2D eigenvalue weighted by atomic mass is 32.2. The molecule has 0 saturated carbocycles. The maximum atomic E-state index is 14.1. The number of thioether (sulfide) groups is 1. The van der Waals surface area contributed by atoms with Crippen molar-refractivity contribution in [3.63, 3.8) is 0 Å². The number of ether oxygens (including phenoxy) is 1. The fraction of sp³-hybridized carbons (Fsp3) is 0.250. The van der Waals surface area contributed by atoms with Crippen LogP contribution in [0.5, 0.6) is 5.75 Å². The van der Waals surface area contributed by atoms with Crippen molar-refractivity contribution in [2.24, 2.45) is 4.99 Å². The summed E-state index contributed by atoms with van der Waals surface area (Å²) in [4.78, 5) is 40.9. The van der Waals surface area contributed by atoms with E-state index in [1.54, 1.807) is 11.5 Å². The van der Waals surface area contributed by atoms with Gasteiger partial charge in [-0.3, -0.25) is 14.5 Å². The number of imide groups is 1. The lowest BCUT2D eigenvalue weighted by Gasteiger charge is -2.25. The first-order chi connectivity index (χ1) is 12.8. The van der Waals surface area contributed by atoms with Gasteiger partial charge in [-0.25, -0.2) is 13.6 Å². The van der Waals surface area contributed by atoms with Crippen molar-refractivity contribution < 1.29 is 32.3 Å². The van der Waals surface area contributed by atoms with Crippen molar-refractivity contribution in [2.75, 3.05) is 20.2 Å². The summed E-state index contributed by atoms with van der Waals surface area (Å²) >= 11 is 1.20. The number of amides is 4. The number of carbonyl (C=O) groups is 3. The highest BCUT2D eigenvalue weighted by Crippen LogP contribution is 2.28. The number of rotatable bonds is 5. The molecule has 1 N–H and O–H groups in total. The second-order valence-electron chi connectivity index (χ2n) is 5.45. The molecule has 3 rings (SSSR count). The van der Waals surface area contributed by atoms with E-state index in [2.05, 4.69) is 15.0 Å². The molecule has 1 aromatic rings. The van der Waals surface area contributed by atoms with Gasteiger partial charge in [-0.15, -0.1) is 11.8 Å². The van der Waals surface area contributed by atoms with E-state index in [1.165, 1.54) is 11.8 Å². The van der Waals surface area contributed by atoms with E-state index < -0.39 is 51.9 Å². The van der Waals surface area contributed by atoms with Crippen molar-refractivity contribution in [1.82, 2.24) is 10.2 Å². The molecule has 4 amide bonds. The van der Waals surface area contributed by atoms with Gasteiger partial charge >= 0.3 is 6.03 Å². The van der Waals surface area contributed by atoms with Crippen molar-refractivity contribution in [2.45, 2.75) is 5.25 Å². The summed E-state index contributed by atoms with van der Waals surface area (Å²) in [6.45, 7) is -0.438. The van der Waals surface area contributed by atoms with Crippen LogP contribution in [0.25, 0.3) is 0 Å². The van der Waals surface area contributed by atoms with Gasteiger partial charge in [-0.05, 0) is 17.6 Å². The number of nitrogens with zero attached hydrogens (tertiary/aromatic N) is 2. The number of benzene rings is 1. The number of allylic oxidation sites excluding steroid dienone is 1. The van der Waals surface area contributed by atoms with Crippen molar-refractivity contribution in [3.05, 3.63) is 40.6 Å². The molecule has 1 atom stereocenters. The minimum Gasteiger partial charge on any atom is -0.491 e. The minimum atomic E-state index is -1.55. The van der Waals surface area contributed by atoms with E-state index in [1.807, 2.05) is 0 Å². The Balaban J connectivity index is 1.66. The number of hydrogen-bond acceptors (Lipinski definition) is 5. The highest BCUT2D eigenvalue weighted by Gasteiger charge is 2.38. The van der Waals surface area contributed by atoms with E-state index in [4.69, 9.17) is 0 Å². The Kier molecular flexibility index (Phi) is 5.22. The summed E-state index contributed by atoms with van der Waals surface area (Å²) in [7, 11) is 0.931. The Morgan fingerprint density at radius 2 is 2.07 bits per heavy atom. The van der Waals surface area contributed by atoms with Crippen LogP contribution in [0.15, 0.2) is 22.5 Å². The molecule has 2 aliphatic rings. The van der Waals surface area contributed by atoms with Gasteiger partial charge < -0.3 is 10.1 Å². The highest BCUT2D eigenvalue weighted by molar-refractivity contribution is 8.04. The van der Waals surface area contributed by atoms with Crippen LogP contribution in [-0.4, -0.2) is 53.9 Å². The number of carbonyl (C=O) groups excluding carboxylic acids is 3. The molecule has 0 radical (unpaired) electrons. The van der Waals surface area contributed by atoms with Crippen LogP contribution in [0.1, 0.15) is 10.4 Å². The fourth-order valence-corrected chi connectivity index (χ4v) is 3.43. The summed E-state index contributed by atoms with van der Waals surface area (Å²) in [5, 5.41) is 3.29. The molecule has 0 fully saturated rings. The number of methoxy groups -OCH3 is 1. The van der Waals surface area contributed by atoms with Crippen molar-refractivity contribution in [1.29, 1.82) is 0 Å². The molecular formula is C16H12F3N3O4S. The molecule has 0 aliphatic carbocycles. The largest absolute Gasteiger partial charge is 0.491 e. The second-order valence-corrected chi connectivity index (χ2v) is 6.47. The molecule has 2 aliphatic heterocycles. The van der Waals surface area contributed by atoms with E-state index in [0.717, 1.165) is 12.0 Å². The van der Waals surface area contributed by atoms with Gasteiger partial charge in [-0.1, -0.05) is 0 Å². The first-order valence-corrected chi connectivity index (χ1v) is 8.55. The average molecular weight is 399 g/mol. The average Bonchev–Trinajstić information content (AvgIpc) is 3.09. The lowest BCUT2D eigenvalue weighted by Crippen LogP contribution is -2.49. The summed E-state index contributed by atoms with van der Waals surface area (Å²) in [6, 6.07) is -0.370. The summed E-state index contributed by atoms with van der Waals surface area (Å²) < 4.78 is 45.4. The van der Waals surface area contributed by atoms with Gasteiger partial charge in [-0.2, -0.15) is 9.38 Å². The zero-order chi connectivity index (χ0) is 19.7. The predicted octanol–water partition coefficient (Wildman–Crippen LogP) is 1.87. The van der Waals surface area contributed by atoms with Crippen LogP contribution in [0.2, 0.25) is 0 Å². The lowest BCUT2D eigenvalue weighted by molar-refractivity contribution is -0.126. The summed E-state index contributed by atoms with van der Waals surface area (Å²) in [5.74, 6) is -6.91. The summed E-state index contributed by atoms with van der Waals surface area (Å²) in [6.07, 6.45) is 1.57. The van der Waals surface area contributed by atoms with Crippen LogP contribution >= 0.6 is 11.8 Å². The molecule has 142 valence electrons. The molecule has 1 aromatic carbocycles. The van der Waals surface area contributed by atoms with E-state index in [-0.39, 0.29) is 13.1 Å². The Labute approximate surface area is 155 Å². The summed E-state index contributed by atoms with van der Waals surface area (Å²) in [5.41, 5.74) is -0.399. The first-order valence-electron chi connectivity index (χ1n) is 7.60. The number of hydrogen-bond donors (Lipinski definition) is 1. The Bertz CT molecular complexity index is 903. The topological polar surface area (TPSA) is 88.1 Å². The van der Waals surface area contributed by atoms with Gasteiger partial charge in [0.15, 0.2) is 17.4 Å². The smallest absolute Gasteiger partial charge is 0.350 e. The second kappa shape index (κ2) is 7.43. The molecular weight excluding hydrogens is 387 g/mol. The zero-order valence-corrected chi connectivity index (χ0v) is 14.6. The molecule has 2 heterocycles. The van der Waals surface area contributed by atoms with E-state index >= 15 is 0 Å². The fourth-order valence-electron chi connectivity index (χ4n) is 2.54. The van der Waals surface area contributed by atoms with Gasteiger partial charge in [0.2, 0.25) is 11.7 Å². The number of fused-ring (bicyclic) bond motifs is 1. The third-order valence-electron chi connectivity index (χ3n) is 3.85. The normalized spacial score (nSPS) is 18.4. The molecule has 0 aromatic heterocycles. The molecule has 7 nitrogen and oxygen atoms in total.